The summed E-state index contributed by atoms with van der Waals surface area (Å²) >= 11 is 1.65. The summed E-state index contributed by atoms with van der Waals surface area (Å²) in [5.74, 6) is 0.598. The first-order chi connectivity index (χ1) is 14.4. The van der Waals surface area contributed by atoms with E-state index in [1.165, 1.54) is 17.0 Å². The Labute approximate surface area is 178 Å². The summed E-state index contributed by atoms with van der Waals surface area (Å²) in [6.07, 6.45) is -0.248. The van der Waals surface area contributed by atoms with Crippen molar-refractivity contribution in [3.05, 3.63) is 51.5 Å². The Morgan fingerprint density at radius 3 is 2.67 bits per heavy atom. The average Bonchev–Trinajstić information content (AvgIpc) is 3.22. The molecular formula is C21H27F3N4OS. The van der Waals surface area contributed by atoms with Gasteiger partial charge in [-0.1, -0.05) is 25.1 Å². The third-order valence-electron chi connectivity index (χ3n) is 5.43. The molecule has 0 bridgehead atoms. The van der Waals surface area contributed by atoms with Gasteiger partial charge < -0.3 is 15.4 Å². The van der Waals surface area contributed by atoms with E-state index in [4.69, 9.17) is 4.74 Å². The Morgan fingerprint density at radius 2 is 2.03 bits per heavy atom. The number of nitrogens with zero attached hydrogens (tertiary/aromatic N) is 2. The molecule has 2 heterocycles. The third kappa shape index (κ3) is 5.51. The van der Waals surface area contributed by atoms with Gasteiger partial charge >= 0.3 is 6.18 Å². The number of rotatable bonds is 6. The highest BCUT2D eigenvalue weighted by Gasteiger charge is 2.37. The number of aliphatic imine (C=N–C) groups is 1. The van der Waals surface area contributed by atoms with Gasteiger partial charge in [-0.05, 0) is 30.9 Å². The molecule has 1 aliphatic rings. The lowest BCUT2D eigenvalue weighted by molar-refractivity contribution is -0.137. The quantitative estimate of drug-likeness (QED) is 0.524. The molecule has 0 saturated carbocycles. The molecule has 2 N–H and O–H groups in total. The maximum atomic E-state index is 13.2. The summed E-state index contributed by atoms with van der Waals surface area (Å²) in [7, 11) is 1.68. The van der Waals surface area contributed by atoms with Gasteiger partial charge in [0.05, 0.1) is 12.1 Å². The Hall–Kier alpha value is -2.13. The van der Waals surface area contributed by atoms with Gasteiger partial charge in [-0.25, -0.2) is 4.98 Å². The molecule has 2 aromatic rings. The van der Waals surface area contributed by atoms with E-state index in [-0.39, 0.29) is 0 Å². The number of halogens is 3. The highest BCUT2D eigenvalue weighted by molar-refractivity contribution is 7.11. The van der Waals surface area contributed by atoms with Crippen LogP contribution in [-0.4, -0.2) is 37.7 Å². The van der Waals surface area contributed by atoms with Crippen molar-refractivity contribution in [2.45, 2.75) is 44.3 Å². The maximum absolute atomic E-state index is 13.2. The Bertz CT molecular complexity index is 860. The van der Waals surface area contributed by atoms with E-state index in [0.29, 0.717) is 50.7 Å². The Kier molecular flexibility index (Phi) is 7.36. The van der Waals surface area contributed by atoms with E-state index in [2.05, 4.69) is 27.5 Å². The molecule has 1 aromatic heterocycles. The van der Waals surface area contributed by atoms with Crippen LogP contribution >= 0.6 is 11.3 Å². The smallest absolute Gasteiger partial charge is 0.381 e. The number of nitrogens with one attached hydrogen (secondary N) is 2. The average molecular weight is 441 g/mol. The summed E-state index contributed by atoms with van der Waals surface area (Å²) in [6.45, 7) is 4.14. The van der Waals surface area contributed by atoms with Crippen molar-refractivity contribution in [3.8, 4) is 0 Å². The van der Waals surface area contributed by atoms with Crippen molar-refractivity contribution in [2.24, 2.45) is 4.99 Å². The molecule has 5 nitrogen and oxygen atoms in total. The number of aryl methyl sites for hydroxylation is 1. The molecule has 0 atom stereocenters. The van der Waals surface area contributed by atoms with Crippen LogP contribution in [-0.2, 0) is 29.3 Å². The Morgan fingerprint density at radius 1 is 1.27 bits per heavy atom. The normalized spacial score (nSPS) is 17.0. The number of alkyl halides is 3. The summed E-state index contributed by atoms with van der Waals surface area (Å²) in [5.41, 5.74) is -0.395. The zero-order valence-corrected chi connectivity index (χ0v) is 18.0. The molecular weight excluding hydrogens is 413 g/mol. The molecule has 1 aliphatic heterocycles. The summed E-state index contributed by atoms with van der Waals surface area (Å²) in [4.78, 5) is 9.87. The zero-order valence-electron chi connectivity index (χ0n) is 17.2. The van der Waals surface area contributed by atoms with Gasteiger partial charge in [0, 0.05) is 43.3 Å². The van der Waals surface area contributed by atoms with Gasteiger partial charge in [0.25, 0.3) is 0 Å². The fourth-order valence-electron chi connectivity index (χ4n) is 3.58. The van der Waals surface area contributed by atoms with E-state index < -0.39 is 17.2 Å². The lowest BCUT2D eigenvalue weighted by Crippen LogP contribution is -2.48. The zero-order chi connectivity index (χ0) is 21.6. The van der Waals surface area contributed by atoms with Crippen molar-refractivity contribution in [2.75, 3.05) is 26.8 Å². The van der Waals surface area contributed by atoms with E-state index in [0.717, 1.165) is 17.5 Å². The van der Waals surface area contributed by atoms with E-state index in [9.17, 15) is 13.2 Å². The van der Waals surface area contributed by atoms with Gasteiger partial charge in [-0.2, -0.15) is 13.2 Å². The number of thiazole rings is 1. The minimum atomic E-state index is -4.36. The number of aromatic nitrogens is 1. The molecule has 3 rings (SSSR count). The number of guanidine groups is 1. The minimum absolute atomic E-state index is 0.451. The van der Waals surface area contributed by atoms with Crippen molar-refractivity contribution < 1.29 is 17.9 Å². The largest absolute Gasteiger partial charge is 0.416 e. The molecule has 9 heteroatoms. The highest BCUT2D eigenvalue weighted by atomic mass is 32.1. The van der Waals surface area contributed by atoms with E-state index in [1.807, 2.05) is 6.20 Å². The fourth-order valence-corrected chi connectivity index (χ4v) is 4.38. The first-order valence-corrected chi connectivity index (χ1v) is 10.8. The summed E-state index contributed by atoms with van der Waals surface area (Å²) in [6, 6.07) is 5.64. The molecule has 1 saturated heterocycles. The van der Waals surface area contributed by atoms with Gasteiger partial charge in [0.15, 0.2) is 5.96 Å². The van der Waals surface area contributed by atoms with Gasteiger partial charge in [0.1, 0.15) is 5.01 Å². The monoisotopic (exact) mass is 440 g/mol. The lowest BCUT2D eigenvalue weighted by Gasteiger charge is -2.38. The van der Waals surface area contributed by atoms with Crippen molar-refractivity contribution in [1.82, 2.24) is 15.6 Å². The van der Waals surface area contributed by atoms with Crippen LogP contribution in [0.4, 0.5) is 13.2 Å². The van der Waals surface area contributed by atoms with Crippen LogP contribution in [0.15, 0.2) is 35.5 Å². The van der Waals surface area contributed by atoms with E-state index in [1.54, 1.807) is 24.5 Å². The lowest BCUT2D eigenvalue weighted by atomic mass is 9.73. The predicted octanol–water partition coefficient (Wildman–Crippen LogP) is 4.14. The topological polar surface area (TPSA) is 58.5 Å². The minimum Gasteiger partial charge on any atom is -0.381 e. The molecule has 0 spiro atoms. The highest BCUT2D eigenvalue weighted by Crippen LogP contribution is 2.37. The van der Waals surface area contributed by atoms with E-state index >= 15 is 0 Å². The molecule has 30 heavy (non-hydrogen) atoms. The van der Waals surface area contributed by atoms with Gasteiger partial charge in [0.2, 0.25) is 0 Å². The molecule has 164 valence electrons. The van der Waals surface area contributed by atoms with Crippen LogP contribution in [0.25, 0.3) is 0 Å². The molecule has 1 fully saturated rings. The Balaban J connectivity index is 1.71. The van der Waals surface area contributed by atoms with Crippen LogP contribution in [0.3, 0.4) is 0 Å². The molecule has 0 unspecified atom stereocenters. The predicted molar refractivity (Wildman–Crippen MR) is 113 cm³/mol. The van der Waals surface area contributed by atoms with Crippen LogP contribution in [0.2, 0.25) is 0 Å². The van der Waals surface area contributed by atoms with Crippen molar-refractivity contribution in [3.63, 3.8) is 0 Å². The first-order valence-electron chi connectivity index (χ1n) is 10.00. The van der Waals surface area contributed by atoms with Crippen LogP contribution in [0.1, 0.15) is 40.8 Å². The molecule has 0 radical (unpaired) electrons. The molecule has 1 aromatic carbocycles. The van der Waals surface area contributed by atoms with Gasteiger partial charge in [-0.15, -0.1) is 11.3 Å². The summed E-state index contributed by atoms with van der Waals surface area (Å²) in [5, 5.41) is 7.52. The summed E-state index contributed by atoms with van der Waals surface area (Å²) < 4.78 is 45.2. The number of hydrogen-bond acceptors (Lipinski definition) is 4. The molecule has 0 aliphatic carbocycles. The van der Waals surface area contributed by atoms with Crippen molar-refractivity contribution in [1.29, 1.82) is 0 Å². The maximum Gasteiger partial charge on any atom is 0.416 e. The second-order valence-corrected chi connectivity index (χ2v) is 8.52. The number of benzene rings is 1. The fraction of sp³-hybridized carbons (Fsp3) is 0.524. The first kappa shape index (κ1) is 22.6. The second-order valence-electron chi connectivity index (χ2n) is 7.32. The SMILES string of the molecule is CCc1cnc(CNC(=NC)NCC2(c3cccc(C(F)(F)F)c3)CCOCC2)s1. The standard InChI is InChI=1S/C21H27F3N4OS/c1-3-17-12-26-18(30-17)13-27-19(25-2)28-14-20(7-9-29-10-8-20)15-5-4-6-16(11-15)21(22,23)24/h4-6,11-12H,3,7-10,13-14H2,1-2H3,(H2,25,27,28). The van der Waals surface area contributed by atoms with Crippen LogP contribution in [0, 0.1) is 0 Å². The van der Waals surface area contributed by atoms with Crippen LogP contribution < -0.4 is 10.6 Å². The van der Waals surface area contributed by atoms with Gasteiger partial charge in [-0.3, -0.25) is 4.99 Å². The second kappa shape index (κ2) is 9.78. The molecule has 0 amide bonds. The number of ether oxygens (including phenoxy) is 1. The van der Waals surface area contributed by atoms with Crippen molar-refractivity contribution >= 4 is 17.3 Å². The van der Waals surface area contributed by atoms with Crippen LogP contribution in [0.5, 0.6) is 0 Å². The third-order valence-corrected chi connectivity index (χ3v) is 6.57. The number of hydrogen-bond donors (Lipinski definition) is 2.